The van der Waals surface area contributed by atoms with E-state index in [2.05, 4.69) is 17.0 Å². The molecule has 0 aliphatic rings. The Labute approximate surface area is 107 Å². The van der Waals surface area contributed by atoms with Crippen molar-refractivity contribution in [2.24, 2.45) is 0 Å². The fraction of sp³-hybridized carbons (Fsp3) is 1.00. The first-order chi connectivity index (χ1) is 8.12. The Bertz CT molecular complexity index is 253. The van der Waals surface area contributed by atoms with Gasteiger partial charge in [0.2, 0.25) is 10.0 Å². The van der Waals surface area contributed by atoms with Gasteiger partial charge in [-0.25, -0.2) is 13.1 Å². The number of hydrogen-bond donors (Lipinski definition) is 2. The third-order valence-electron chi connectivity index (χ3n) is 2.62. The minimum absolute atomic E-state index is 0.177. The second kappa shape index (κ2) is 11.0. The van der Waals surface area contributed by atoms with Crippen molar-refractivity contribution in [1.82, 2.24) is 10.0 Å². The zero-order chi connectivity index (χ0) is 13.0. The Morgan fingerprint density at radius 2 is 1.53 bits per heavy atom. The first-order valence-corrected chi connectivity index (χ1v) is 8.45. The topological polar surface area (TPSA) is 58.2 Å². The van der Waals surface area contributed by atoms with Crippen LogP contribution in [0.25, 0.3) is 0 Å². The van der Waals surface area contributed by atoms with Gasteiger partial charge < -0.3 is 5.32 Å². The molecule has 0 aliphatic carbocycles. The number of nitrogens with one attached hydrogen (secondary N) is 2. The van der Waals surface area contributed by atoms with Crippen molar-refractivity contribution in [3.8, 4) is 0 Å². The summed E-state index contributed by atoms with van der Waals surface area (Å²) in [6, 6.07) is 0. The van der Waals surface area contributed by atoms with Gasteiger partial charge in [-0.15, -0.1) is 0 Å². The zero-order valence-electron chi connectivity index (χ0n) is 11.3. The molecule has 0 aromatic carbocycles. The Morgan fingerprint density at radius 3 is 2.18 bits per heavy atom. The summed E-state index contributed by atoms with van der Waals surface area (Å²) in [6.07, 6.45) is 7.61. The summed E-state index contributed by atoms with van der Waals surface area (Å²) >= 11 is 0. The molecule has 0 spiro atoms. The summed E-state index contributed by atoms with van der Waals surface area (Å²) in [5, 5.41) is 3.17. The van der Waals surface area contributed by atoms with Gasteiger partial charge in [-0.05, 0) is 13.0 Å². The lowest BCUT2D eigenvalue weighted by atomic mass is 10.1. The largest absolute Gasteiger partial charge is 0.316 e. The molecule has 4 nitrogen and oxygen atoms in total. The van der Waals surface area contributed by atoms with E-state index in [-0.39, 0.29) is 5.75 Å². The van der Waals surface area contributed by atoms with Crippen molar-refractivity contribution in [3.05, 3.63) is 0 Å². The van der Waals surface area contributed by atoms with Gasteiger partial charge in [0.1, 0.15) is 0 Å². The smallest absolute Gasteiger partial charge is 0.212 e. The van der Waals surface area contributed by atoms with E-state index in [1.54, 1.807) is 6.92 Å². The predicted octanol–water partition coefficient (Wildman–Crippen LogP) is 1.88. The highest BCUT2D eigenvalue weighted by Crippen LogP contribution is 2.03. The fourth-order valence-electron chi connectivity index (χ4n) is 1.65. The van der Waals surface area contributed by atoms with Crippen molar-refractivity contribution in [3.63, 3.8) is 0 Å². The highest BCUT2D eigenvalue weighted by atomic mass is 32.2. The first kappa shape index (κ1) is 16.9. The maximum absolute atomic E-state index is 11.3. The molecule has 0 fully saturated rings. The van der Waals surface area contributed by atoms with Gasteiger partial charge in [-0.3, -0.25) is 0 Å². The molecule has 0 rings (SSSR count). The van der Waals surface area contributed by atoms with Crippen LogP contribution in [0, 0.1) is 0 Å². The molecule has 0 aromatic heterocycles. The van der Waals surface area contributed by atoms with Crippen molar-refractivity contribution in [2.75, 3.05) is 25.4 Å². The van der Waals surface area contributed by atoms with E-state index in [1.807, 2.05) is 0 Å². The SMILES string of the molecule is CCCCCCCCNCCS(=O)(=O)NCC. The summed E-state index contributed by atoms with van der Waals surface area (Å²) in [4.78, 5) is 0. The molecular formula is C12H28N2O2S. The van der Waals surface area contributed by atoms with Crippen molar-refractivity contribution < 1.29 is 8.42 Å². The number of rotatable bonds is 12. The first-order valence-electron chi connectivity index (χ1n) is 6.80. The maximum atomic E-state index is 11.3. The summed E-state index contributed by atoms with van der Waals surface area (Å²) in [5.41, 5.74) is 0. The van der Waals surface area contributed by atoms with Crippen LogP contribution in [0.5, 0.6) is 0 Å². The monoisotopic (exact) mass is 264 g/mol. The van der Waals surface area contributed by atoms with Crippen LogP contribution in [0.4, 0.5) is 0 Å². The summed E-state index contributed by atoms with van der Waals surface area (Å²) in [5.74, 6) is 0.177. The molecule has 17 heavy (non-hydrogen) atoms. The number of hydrogen-bond acceptors (Lipinski definition) is 3. The molecule has 2 N–H and O–H groups in total. The molecule has 0 saturated heterocycles. The Hall–Kier alpha value is -0.130. The molecule has 0 aliphatic heterocycles. The van der Waals surface area contributed by atoms with Crippen LogP contribution in [0.2, 0.25) is 0 Å². The van der Waals surface area contributed by atoms with E-state index in [0.717, 1.165) is 13.0 Å². The molecule has 0 amide bonds. The quantitative estimate of drug-likeness (QED) is 0.529. The van der Waals surface area contributed by atoms with Gasteiger partial charge in [-0.2, -0.15) is 0 Å². The van der Waals surface area contributed by atoms with Crippen molar-refractivity contribution >= 4 is 10.0 Å². The van der Waals surface area contributed by atoms with Crippen LogP contribution in [0.1, 0.15) is 52.4 Å². The van der Waals surface area contributed by atoms with Gasteiger partial charge in [0.15, 0.2) is 0 Å². The minimum Gasteiger partial charge on any atom is -0.316 e. The molecule has 0 bridgehead atoms. The molecule has 104 valence electrons. The average molecular weight is 264 g/mol. The van der Waals surface area contributed by atoms with Crippen LogP contribution in [0.3, 0.4) is 0 Å². The molecule has 0 atom stereocenters. The van der Waals surface area contributed by atoms with Gasteiger partial charge in [0, 0.05) is 13.1 Å². The van der Waals surface area contributed by atoms with E-state index in [0.29, 0.717) is 13.1 Å². The molecule has 0 aromatic rings. The van der Waals surface area contributed by atoms with Crippen molar-refractivity contribution in [2.45, 2.75) is 52.4 Å². The number of unbranched alkanes of at least 4 members (excludes halogenated alkanes) is 5. The molecule has 0 heterocycles. The lowest BCUT2D eigenvalue weighted by Gasteiger charge is -2.06. The highest BCUT2D eigenvalue weighted by molar-refractivity contribution is 7.89. The minimum atomic E-state index is -3.05. The highest BCUT2D eigenvalue weighted by Gasteiger charge is 2.06. The third kappa shape index (κ3) is 12.1. The normalized spacial score (nSPS) is 11.9. The van der Waals surface area contributed by atoms with Gasteiger partial charge in [0.25, 0.3) is 0 Å². The Kier molecular flexibility index (Phi) is 10.9. The summed E-state index contributed by atoms with van der Waals surface area (Å²) in [7, 11) is -3.05. The molecular weight excluding hydrogens is 236 g/mol. The molecule has 0 radical (unpaired) electrons. The Balaban J connectivity index is 3.24. The van der Waals surface area contributed by atoms with Crippen LogP contribution in [-0.4, -0.2) is 33.8 Å². The lowest BCUT2D eigenvalue weighted by Crippen LogP contribution is -2.32. The van der Waals surface area contributed by atoms with Crippen LogP contribution >= 0.6 is 0 Å². The van der Waals surface area contributed by atoms with Crippen molar-refractivity contribution in [1.29, 1.82) is 0 Å². The second-order valence-corrected chi connectivity index (χ2v) is 6.26. The number of sulfonamides is 1. The zero-order valence-corrected chi connectivity index (χ0v) is 12.1. The maximum Gasteiger partial charge on any atom is 0.212 e. The van der Waals surface area contributed by atoms with E-state index in [9.17, 15) is 8.42 Å². The van der Waals surface area contributed by atoms with E-state index >= 15 is 0 Å². The van der Waals surface area contributed by atoms with E-state index in [1.165, 1.54) is 32.1 Å². The van der Waals surface area contributed by atoms with Crippen LogP contribution in [0.15, 0.2) is 0 Å². The summed E-state index contributed by atoms with van der Waals surface area (Å²) in [6.45, 7) is 5.95. The molecule has 0 saturated carbocycles. The van der Waals surface area contributed by atoms with Crippen LogP contribution in [-0.2, 0) is 10.0 Å². The lowest BCUT2D eigenvalue weighted by molar-refractivity contribution is 0.566. The predicted molar refractivity (Wildman–Crippen MR) is 73.7 cm³/mol. The van der Waals surface area contributed by atoms with Crippen LogP contribution < -0.4 is 10.0 Å². The molecule has 0 unspecified atom stereocenters. The Morgan fingerprint density at radius 1 is 0.882 bits per heavy atom. The van der Waals surface area contributed by atoms with Gasteiger partial charge >= 0.3 is 0 Å². The summed E-state index contributed by atoms with van der Waals surface area (Å²) < 4.78 is 25.1. The van der Waals surface area contributed by atoms with Gasteiger partial charge in [-0.1, -0.05) is 46.0 Å². The fourth-order valence-corrected chi connectivity index (χ4v) is 2.65. The average Bonchev–Trinajstić information content (AvgIpc) is 2.27. The molecule has 5 heteroatoms. The van der Waals surface area contributed by atoms with E-state index < -0.39 is 10.0 Å². The third-order valence-corrected chi connectivity index (χ3v) is 4.09. The van der Waals surface area contributed by atoms with E-state index in [4.69, 9.17) is 0 Å². The van der Waals surface area contributed by atoms with Gasteiger partial charge in [0.05, 0.1) is 5.75 Å². The standard InChI is InChI=1S/C12H28N2O2S/c1-3-5-6-7-8-9-10-13-11-12-17(15,16)14-4-2/h13-14H,3-12H2,1-2H3. The second-order valence-electron chi connectivity index (χ2n) is 4.33.